The van der Waals surface area contributed by atoms with Crippen molar-refractivity contribution >= 4 is 29.0 Å². The monoisotopic (exact) mass is 393 g/mol. The van der Waals surface area contributed by atoms with Crippen LogP contribution in [0.3, 0.4) is 0 Å². The van der Waals surface area contributed by atoms with Crippen LogP contribution in [0.5, 0.6) is 0 Å². The molecule has 0 spiro atoms. The maximum Gasteiger partial charge on any atom is 0.350 e. The fourth-order valence-corrected chi connectivity index (χ4v) is 2.98. The highest BCUT2D eigenvalue weighted by Crippen LogP contribution is 2.30. The zero-order valence-corrected chi connectivity index (χ0v) is 18.6. The van der Waals surface area contributed by atoms with E-state index in [1.165, 1.54) is 18.4 Å². The summed E-state index contributed by atoms with van der Waals surface area (Å²) in [4.78, 5) is 25.9. The number of ether oxygens (including phenoxy) is 2. The molecule has 0 radical (unpaired) electrons. The third-order valence-corrected chi connectivity index (χ3v) is 4.33. The number of carbonyl (C=O) groups is 2. The highest BCUT2D eigenvalue weighted by molar-refractivity contribution is 7.15. The highest BCUT2D eigenvalue weighted by Gasteiger charge is 2.29. The Bertz CT molecular complexity index is 739. The second-order valence-corrected chi connectivity index (χ2v) is 9.80. The zero-order valence-electron chi connectivity index (χ0n) is 17.8. The quantitative estimate of drug-likeness (QED) is 0.580. The molecule has 1 N–H and O–H groups in total. The van der Waals surface area contributed by atoms with E-state index in [0.29, 0.717) is 10.6 Å². The minimum atomic E-state index is -0.592. The molecule has 1 heterocycles. The van der Waals surface area contributed by atoms with Crippen molar-refractivity contribution in [3.05, 3.63) is 15.8 Å². The van der Waals surface area contributed by atoms with Crippen LogP contribution >= 0.6 is 11.3 Å². The summed E-state index contributed by atoms with van der Waals surface area (Å²) in [6.45, 7) is 15.4. The van der Waals surface area contributed by atoms with Crippen molar-refractivity contribution in [1.82, 2.24) is 0 Å². The normalized spacial score (nSPS) is 12.8. The van der Waals surface area contributed by atoms with E-state index < -0.39 is 17.6 Å². The molecule has 0 fully saturated rings. The van der Waals surface area contributed by atoms with Crippen LogP contribution in [0, 0.1) is 23.2 Å². The first-order valence-corrected chi connectivity index (χ1v) is 9.80. The molecule has 0 aromatic carbocycles. The third-order valence-electron chi connectivity index (χ3n) is 3.30. The van der Waals surface area contributed by atoms with E-state index >= 15 is 0 Å². The number of methoxy groups -OCH3 is 1. The minimum absolute atomic E-state index is 0.0330. The van der Waals surface area contributed by atoms with Gasteiger partial charge in [-0.3, -0.25) is 0 Å². The lowest BCUT2D eigenvalue weighted by atomic mass is 9.98. The van der Waals surface area contributed by atoms with Crippen LogP contribution < -0.4 is 5.32 Å². The molecular weight excluding hydrogens is 362 g/mol. The summed E-state index contributed by atoms with van der Waals surface area (Å²) in [6, 6.07) is 1.20. The predicted molar refractivity (Wildman–Crippen MR) is 110 cm³/mol. The number of carbonyl (C=O) groups excluding carboxylic acids is 2. The van der Waals surface area contributed by atoms with Crippen molar-refractivity contribution in [2.24, 2.45) is 11.3 Å². The molecule has 1 atom stereocenters. The first-order valence-electron chi connectivity index (χ1n) is 8.98. The van der Waals surface area contributed by atoms with Crippen LogP contribution in [0.25, 0.3) is 0 Å². The van der Waals surface area contributed by atoms with Gasteiger partial charge in [-0.15, -0.1) is 11.3 Å². The number of thiophene rings is 1. The van der Waals surface area contributed by atoms with Crippen molar-refractivity contribution in [3.63, 3.8) is 0 Å². The molecule has 0 bridgehead atoms. The number of rotatable bonds is 5. The maximum atomic E-state index is 12.6. The van der Waals surface area contributed by atoms with Gasteiger partial charge in [-0.2, -0.15) is 0 Å². The molecule has 0 aliphatic rings. The Kier molecular flexibility index (Phi) is 7.50. The number of nitrogens with one attached hydrogen (secondary N) is 1. The Labute approximate surface area is 166 Å². The lowest BCUT2D eigenvalue weighted by molar-refractivity contribution is -0.156. The van der Waals surface area contributed by atoms with Crippen LogP contribution in [0.2, 0.25) is 0 Å². The zero-order chi connectivity index (χ0) is 21.0. The van der Waals surface area contributed by atoms with Gasteiger partial charge in [-0.25, -0.2) is 9.59 Å². The van der Waals surface area contributed by atoms with Crippen LogP contribution in [0.15, 0.2) is 6.07 Å². The fraction of sp³-hybridized carbons (Fsp3) is 0.619. The van der Waals surface area contributed by atoms with Gasteiger partial charge in [0.15, 0.2) is 0 Å². The molecule has 6 heteroatoms. The summed E-state index contributed by atoms with van der Waals surface area (Å²) < 4.78 is 10.4. The van der Waals surface area contributed by atoms with Gasteiger partial charge in [0.1, 0.15) is 16.5 Å². The summed E-state index contributed by atoms with van der Waals surface area (Å²) in [6.07, 6.45) is 0. The van der Waals surface area contributed by atoms with Crippen LogP contribution in [-0.4, -0.2) is 30.7 Å². The highest BCUT2D eigenvalue weighted by atomic mass is 32.1. The summed E-state index contributed by atoms with van der Waals surface area (Å²) in [7, 11) is 1.33. The summed E-state index contributed by atoms with van der Waals surface area (Å²) in [5.74, 6) is 5.40. The molecule has 0 unspecified atom stereocenters. The molecule has 5 nitrogen and oxygen atoms in total. The minimum Gasteiger partial charge on any atom is -0.465 e. The Morgan fingerprint density at radius 1 is 1.15 bits per heavy atom. The first-order chi connectivity index (χ1) is 12.2. The van der Waals surface area contributed by atoms with Crippen molar-refractivity contribution in [1.29, 1.82) is 0 Å². The molecule has 1 aromatic heterocycles. The fourth-order valence-electron chi connectivity index (χ4n) is 2.08. The van der Waals surface area contributed by atoms with Crippen molar-refractivity contribution in [2.45, 2.75) is 67.0 Å². The molecule has 1 aromatic rings. The molecular formula is C21H31NO4S. The van der Waals surface area contributed by atoms with E-state index in [0.717, 1.165) is 4.88 Å². The van der Waals surface area contributed by atoms with Crippen LogP contribution in [0.1, 0.15) is 69.9 Å². The Morgan fingerprint density at radius 2 is 1.74 bits per heavy atom. The van der Waals surface area contributed by atoms with Gasteiger partial charge in [0.2, 0.25) is 0 Å². The van der Waals surface area contributed by atoms with E-state index in [4.69, 9.17) is 9.47 Å². The van der Waals surface area contributed by atoms with E-state index in [-0.39, 0.29) is 17.3 Å². The number of anilines is 1. The Morgan fingerprint density at radius 3 is 2.19 bits per heavy atom. The molecule has 0 amide bonds. The molecule has 150 valence electrons. The van der Waals surface area contributed by atoms with Gasteiger partial charge in [0.05, 0.1) is 17.7 Å². The summed E-state index contributed by atoms with van der Waals surface area (Å²) in [5.41, 5.74) is -0.204. The van der Waals surface area contributed by atoms with Gasteiger partial charge >= 0.3 is 11.9 Å². The molecule has 0 saturated carbocycles. The second kappa shape index (κ2) is 8.79. The van der Waals surface area contributed by atoms with Crippen molar-refractivity contribution in [2.75, 3.05) is 12.4 Å². The molecule has 0 aliphatic heterocycles. The topological polar surface area (TPSA) is 64.6 Å². The number of hydrogen-bond acceptors (Lipinski definition) is 6. The van der Waals surface area contributed by atoms with Gasteiger partial charge in [0, 0.05) is 5.41 Å². The lowest BCUT2D eigenvalue weighted by Gasteiger charge is -2.27. The average molecular weight is 394 g/mol. The van der Waals surface area contributed by atoms with E-state index in [9.17, 15) is 9.59 Å². The van der Waals surface area contributed by atoms with E-state index in [1.54, 1.807) is 6.07 Å². The second-order valence-electron chi connectivity index (χ2n) is 8.74. The Hall–Kier alpha value is -2.00. The average Bonchev–Trinajstić information content (AvgIpc) is 2.90. The summed E-state index contributed by atoms with van der Waals surface area (Å²) in [5, 5.41) is 3.17. The number of esters is 2. The first kappa shape index (κ1) is 23.0. The maximum absolute atomic E-state index is 12.6. The van der Waals surface area contributed by atoms with Crippen LogP contribution in [-0.2, 0) is 14.3 Å². The Balaban J connectivity index is 3.24. The third kappa shape index (κ3) is 7.64. The van der Waals surface area contributed by atoms with Gasteiger partial charge < -0.3 is 14.8 Å². The summed E-state index contributed by atoms with van der Waals surface area (Å²) >= 11 is 1.25. The molecule has 0 aliphatic carbocycles. The van der Waals surface area contributed by atoms with Gasteiger partial charge in [0.25, 0.3) is 0 Å². The van der Waals surface area contributed by atoms with Gasteiger partial charge in [-0.1, -0.05) is 25.7 Å². The van der Waals surface area contributed by atoms with Gasteiger partial charge in [-0.05, 0) is 53.5 Å². The smallest absolute Gasteiger partial charge is 0.350 e. The molecule has 1 rings (SSSR count). The van der Waals surface area contributed by atoms with E-state index in [1.807, 2.05) is 55.4 Å². The van der Waals surface area contributed by atoms with Crippen molar-refractivity contribution < 1.29 is 19.1 Å². The molecule has 27 heavy (non-hydrogen) atoms. The van der Waals surface area contributed by atoms with E-state index in [2.05, 4.69) is 17.2 Å². The SMILES string of the molecule is COC(=O)c1sc(C#CC(C)(C)C)cc1N[C@H](C(=O)OC(C)(C)C)C(C)C. The predicted octanol–water partition coefficient (Wildman–Crippen LogP) is 4.71. The lowest BCUT2D eigenvalue weighted by Crippen LogP contribution is -2.40. The standard InChI is InChI=1S/C21H31NO4S/c1-13(2)16(18(23)26-21(6,7)8)22-15-12-14(10-11-20(3,4)5)27-17(15)19(24)25-9/h12-13,16,22H,1-9H3/t16-/m0/s1. The van der Waals surface area contributed by atoms with Crippen LogP contribution in [0.4, 0.5) is 5.69 Å². The number of hydrogen-bond donors (Lipinski definition) is 1. The largest absolute Gasteiger partial charge is 0.465 e. The molecule has 0 saturated heterocycles. The van der Waals surface area contributed by atoms with Crippen molar-refractivity contribution in [3.8, 4) is 11.8 Å².